The molecule has 0 aromatic heterocycles. The molecule has 0 radical (unpaired) electrons. The molecule has 0 aromatic rings. The Morgan fingerprint density at radius 3 is 1.84 bits per heavy atom. The highest BCUT2D eigenvalue weighted by molar-refractivity contribution is 7.46. The molecule has 0 saturated carbocycles. The number of phosphoric ester groups is 1. The topological polar surface area (TPSA) is 107 Å². The maximum absolute atomic E-state index is 10.5. The SMILES string of the molecule is CCCCCCCCCCCCCC=C[C@@H](O)[C@@H](O)COP(=O)(O)O. The largest absolute Gasteiger partial charge is 0.469 e. The smallest absolute Gasteiger partial charge is 0.388 e. The van der Waals surface area contributed by atoms with Crippen LogP contribution in [0.1, 0.15) is 84.0 Å². The van der Waals surface area contributed by atoms with Gasteiger partial charge in [-0.15, -0.1) is 0 Å². The summed E-state index contributed by atoms with van der Waals surface area (Å²) >= 11 is 0. The zero-order valence-corrected chi connectivity index (χ0v) is 16.4. The third-order valence-electron chi connectivity index (χ3n) is 4.12. The molecule has 0 bridgehead atoms. The first kappa shape index (κ1) is 24.8. The zero-order chi connectivity index (χ0) is 19.0. The number of aliphatic hydroxyl groups is 2. The number of allylic oxidation sites excluding steroid dienone is 1. The normalized spacial score (nSPS) is 14.9. The molecule has 0 heterocycles. The number of aliphatic hydroxyl groups excluding tert-OH is 2. The second kappa shape index (κ2) is 16.0. The predicted octanol–water partition coefficient (Wildman–Crippen LogP) is 4.07. The second-order valence-corrected chi connectivity index (χ2v) is 7.84. The Morgan fingerprint density at radius 1 is 0.880 bits per heavy atom. The monoisotopic (exact) mass is 380 g/mol. The molecule has 0 saturated heterocycles. The summed E-state index contributed by atoms with van der Waals surface area (Å²) in [5.74, 6) is 0. The fraction of sp³-hybridized carbons (Fsp3) is 0.889. The van der Waals surface area contributed by atoms with Crippen LogP contribution in [0.15, 0.2) is 12.2 Å². The van der Waals surface area contributed by atoms with E-state index >= 15 is 0 Å². The molecule has 0 aromatic carbocycles. The van der Waals surface area contributed by atoms with Crippen LogP contribution in [0, 0.1) is 0 Å². The third kappa shape index (κ3) is 18.4. The Morgan fingerprint density at radius 2 is 1.36 bits per heavy atom. The van der Waals surface area contributed by atoms with Crippen LogP contribution >= 0.6 is 7.82 Å². The summed E-state index contributed by atoms with van der Waals surface area (Å²) in [6, 6.07) is 0. The molecule has 0 aliphatic carbocycles. The summed E-state index contributed by atoms with van der Waals surface area (Å²) in [6.07, 6.45) is 15.6. The molecule has 0 aliphatic heterocycles. The van der Waals surface area contributed by atoms with Crippen molar-refractivity contribution in [1.82, 2.24) is 0 Å². The van der Waals surface area contributed by atoms with E-state index < -0.39 is 26.6 Å². The van der Waals surface area contributed by atoms with Gasteiger partial charge in [0.1, 0.15) is 12.2 Å². The Kier molecular flexibility index (Phi) is 15.8. The fourth-order valence-electron chi connectivity index (χ4n) is 2.56. The van der Waals surface area contributed by atoms with E-state index in [1.165, 1.54) is 63.9 Å². The van der Waals surface area contributed by atoms with Crippen LogP contribution in [0.4, 0.5) is 0 Å². The average Bonchev–Trinajstić information content (AvgIpc) is 2.56. The lowest BCUT2D eigenvalue weighted by Crippen LogP contribution is -2.28. The van der Waals surface area contributed by atoms with Crippen molar-refractivity contribution in [1.29, 1.82) is 0 Å². The van der Waals surface area contributed by atoms with Crippen LogP contribution in [0.25, 0.3) is 0 Å². The number of phosphoric acid groups is 1. The Labute approximate surface area is 152 Å². The average molecular weight is 380 g/mol. The van der Waals surface area contributed by atoms with Gasteiger partial charge in [0.15, 0.2) is 0 Å². The number of unbranched alkanes of at least 4 members (excludes halogenated alkanes) is 11. The van der Waals surface area contributed by atoms with Crippen LogP contribution in [0.2, 0.25) is 0 Å². The van der Waals surface area contributed by atoms with Crippen molar-refractivity contribution >= 4 is 7.82 Å². The van der Waals surface area contributed by atoms with E-state index in [1.807, 2.05) is 0 Å². The van der Waals surface area contributed by atoms with Crippen LogP contribution in [0.3, 0.4) is 0 Å². The molecule has 0 spiro atoms. The highest BCUT2D eigenvalue weighted by Crippen LogP contribution is 2.35. The highest BCUT2D eigenvalue weighted by atomic mass is 31.2. The van der Waals surface area contributed by atoms with Crippen LogP contribution in [0.5, 0.6) is 0 Å². The molecule has 0 rings (SSSR count). The maximum atomic E-state index is 10.5. The molecule has 0 fully saturated rings. The summed E-state index contributed by atoms with van der Waals surface area (Å²) in [7, 11) is -4.61. The molecule has 6 nitrogen and oxygen atoms in total. The van der Waals surface area contributed by atoms with E-state index in [-0.39, 0.29) is 0 Å². The minimum atomic E-state index is -4.61. The molecule has 150 valence electrons. The van der Waals surface area contributed by atoms with Crippen LogP contribution in [-0.4, -0.2) is 38.8 Å². The van der Waals surface area contributed by atoms with Gasteiger partial charge < -0.3 is 20.0 Å². The maximum Gasteiger partial charge on any atom is 0.469 e. The zero-order valence-electron chi connectivity index (χ0n) is 15.6. The minimum absolute atomic E-state index is 0.603. The Balaban J connectivity index is 3.46. The van der Waals surface area contributed by atoms with Gasteiger partial charge in [0.05, 0.1) is 6.61 Å². The summed E-state index contributed by atoms with van der Waals surface area (Å²) in [6.45, 7) is 1.63. The standard InChI is InChI=1S/C18H37O6P/c1-2-3-4-5-6-7-8-9-10-11-12-13-14-15-17(19)18(20)16-24-25(21,22)23/h14-15,17-20H,2-13,16H2,1H3,(H2,21,22,23)/t17-,18+/m1/s1. The van der Waals surface area contributed by atoms with Gasteiger partial charge in [0.2, 0.25) is 0 Å². The van der Waals surface area contributed by atoms with Crippen molar-refractivity contribution in [3.8, 4) is 0 Å². The third-order valence-corrected chi connectivity index (χ3v) is 4.60. The molecule has 0 aliphatic rings. The van der Waals surface area contributed by atoms with Gasteiger partial charge in [-0.05, 0) is 12.8 Å². The fourth-order valence-corrected chi connectivity index (χ4v) is 2.91. The van der Waals surface area contributed by atoms with E-state index in [9.17, 15) is 14.8 Å². The van der Waals surface area contributed by atoms with Crippen molar-refractivity contribution in [2.45, 2.75) is 96.2 Å². The molecular formula is C18H37O6P. The summed E-state index contributed by atoms with van der Waals surface area (Å²) in [5.41, 5.74) is 0. The van der Waals surface area contributed by atoms with Crippen molar-refractivity contribution in [2.75, 3.05) is 6.61 Å². The van der Waals surface area contributed by atoms with Crippen LogP contribution in [-0.2, 0) is 9.09 Å². The van der Waals surface area contributed by atoms with Gasteiger partial charge in [-0.25, -0.2) is 4.57 Å². The molecule has 0 unspecified atom stereocenters. The number of rotatable bonds is 17. The first-order chi connectivity index (χ1) is 11.9. The van der Waals surface area contributed by atoms with E-state index in [4.69, 9.17) is 9.79 Å². The Hall–Kier alpha value is -0.230. The molecule has 25 heavy (non-hydrogen) atoms. The van der Waals surface area contributed by atoms with Crippen LogP contribution < -0.4 is 0 Å². The highest BCUT2D eigenvalue weighted by Gasteiger charge is 2.20. The summed E-state index contributed by atoms with van der Waals surface area (Å²) in [4.78, 5) is 17.1. The van der Waals surface area contributed by atoms with E-state index in [1.54, 1.807) is 6.08 Å². The van der Waals surface area contributed by atoms with Gasteiger partial charge in [-0.2, -0.15) is 0 Å². The Bertz CT molecular complexity index is 369. The van der Waals surface area contributed by atoms with E-state index in [2.05, 4.69) is 11.4 Å². The second-order valence-electron chi connectivity index (χ2n) is 6.60. The van der Waals surface area contributed by atoms with Crippen molar-refractivity contribution in [2.24, 2.45) is 0 Å². The number of hydrogen-bond acceptors (Lipinski definition) is 4. The van der Waals surface area contributed by atoms with Gasteiger partial charge in [-0.1, -0.05) is 83.3 Å². The van der Waals surface area contributed by atoms with Crippen molar-refractivity contribution in [3.05, 3.63) is 12.2 Å². The van der Waals surface area contributed by atoms with Crippen molar-refractivity contribution in [3.63, 3.8) is 0 Å². The van der Waals surface area contributed by atoms with E-state index in [0.29, 0.717) is 0 Å². The molecule has 2 atom stereocenters. The van der Waals surface area contributed by atoms with Crippen molar-refractivity contribution < 1.29 is 29.1 Å². The molecular weight excluding hydrogens is 343 g/mol. The summed E-state index contributed by atoms with van der Waals surface area (Å²) < 4.78 is 14.7. The summed E-state index contributed by atoms with van der Waals surface area (Å²) in [5, 5.41) is 19.1. The lowest BCUT2D eigenvalue weighted by Gasteiger charge is -2.14. The lowest BCUT2D eigenvalue weighted by molar-refractivity contribution is 0.00864. The van der Waals surface area contributed by atoms with Gasteiger partial charge in [0, 0.05) is 0 Å². The quantitative estimate of drug-likeness (QED) is 0.172. The van der Waals surface area contributed by atoms with Gasteiger partial charge in [-0.3, -0.25) is 4.52 Å². The molecule has 0 amide bonds. The van der Waals surface area contributed by atoms with E-state index in [0.717, 1.165) is 19.3 Å². The molecule has 7 heteroatoms. The predicted molar refractivity (Wildman–Crippen MR) is 100 cm³/mol. The van der Waals surface area contributed by atoms with Gasteiger partial charge >= 0.3 is 7.82 Å². The first-order valence-electron chi connectivity index (χ1n) is 9.59. The first-order valence-corrected chi connectivity index (χ1v) is 11.1. The van der Waals surface area contributed by atoms with Gasteiger partial charge in [0.25, 0.3) is 0 Å². The lowest BCUT2D eigenvalue weighted by atomic mass is 10.1. The molecule has 4 N–H and O–H groups in total. The minimum Gasteiger partial charge on any atom is -0.388 e. The number of hydrogen-bond donors (Lipinski definition) is 4.